The van der Waals surface area contributed by atoms with E-state index in [0.717, 1.165) is 25.7 Å². The molecule has 0 aliphatic heterocycles. The van der Waals surface area contributed by atoms with Crippen molar-refractivity contribution < 1.29 is 14.0 Å². The third-order valence-electron chi connectivity index (χ3n) is 6.35. The van der Waals surface area contributed by atoms with Crippen LogP contribution in [0.5, 0.6) is 0 Å². The van der Waals surface area contributed by atoms with Gasteiger partial charge >= 0.3 is 5.97 Å². The topological polar surface area (TPSA) is 35.5 Å². The minimum absolute atomic E-state index is 0.126. The number of allylic oxidation sites excluding steroid dienone is 1. The first kappa shape index (κ1) is 22.9. The van der Waals surface area contributed by atoms with Crippen LogP contribution in [0.2, 0.25) is 18.1 Å². The van der Waals surface area contributed by atoms with Gasteiger partial charge < -0.3 is 9.16 Å². The Morgan fingerprint density at radius 2 is 1.89 bits per heavy atom. The van der Waals surface area contributed by atoms with Gasteiger partial charge in [0.05, 0.1) is 18.3 Å². The molecule has 156 valence electrons. The summed E-state index contributed by atoms with van der Waals surface area (Å²) in [6, 6.07) is 9.24. The molecule has 1 aliphatic rings. The van der Waals surface area contributed by atoms with Crippen LogP contribution >= 0.6 is 0 Å². The van der Waals surface area contributed by atoms with Crippen LogP contribution in [0.25, 0.3) is 0 Å². The highest BCUT2D eigenvalue weighted by atomic mass is 28.4. The molecule has 1 aliphatic carbocycles. The standard InChI is InChI=1S/C24H38O3Si/c1-7-8-10-15-22(27-28(5,6)24(2,3)4)21-17-16-20(21)18-26-23(25)19-13-11-9-12-14-19/h9-15,20-22H,7-8,16-18H2,1-6H3/b15-10+/t20-,21+,22?/m0/s1. The first-order chi connectivity index (χ1) is 13.2. The Morgan fingerprint density at radius 1 is 1.21 bits per heavy atom. The number of ether oxygens (including phenoxy) is 1. The van der Waals surface area contributed by atoms with Crippen molar-refractivity contribution >= 4 is 14.3 Å². The second-order valence-electron chi connectivity index (χ2n) is 9.53. The molecule has 0 spiro atoms. The van der Waals surface area contributed by atoms with Crippen molar-refractivity contribution in [3.05, 3.63) is 48.0 Å². The SMILES string of the molecule is CCC/C=C/C(O[Si](C)(C)C(C)(C)C)[C@@H]1CC[C@H]1COC(=O)c1ccccc1. The number of esters is 1. The molecule has 0 aromatic heterocycles. The fourth-order valence-electron chi connectivity index (χ4n) is 3.26. The lowest BCUT2D eigenvalue weighted by Crippen LogP contribution is -2.49. The van der Waals surface area contributed by atoms with Gasteiger partial charge in [0.1, 0.15) is 0 Å². The fourth-order valence-corrected chi connectivity index (χ4v) is 4.55. The Bertz CT molecular complexity index is 646. The molecule has 0 saturated heterocycles. The van der Waals surface area contributed by atoms with Gasteiger partial charge in [-0.3, -0.25) is 0 Å². The lowest BCUT2D eigenvalue weighted by molar-refractivity contribution is -0.00435. The highest BCUT2D eigenvalue weighted by Crippen LogP contribution is 2.43. The van der Waals surface area contributed by atoms with E-state index in [1.807, 2.05) is 18.2 Å². The van der Waals surface area contributed by atoms with Crippen LogP contribution in [0.3, 0.4) is 0 Å². The van der Waals surface area contributed by atoms with E-state index in [2.05, 4.69) is 52.9 Å². The molecular weight excluding hydrogens is 364 g/mol. The van der Waals surface area contributed by atoms with Crippen LogP contribution < -0.4 is 0 Å². The molecule has 0 N–H and O–H groups in total. The van der Waals surface area contributed by atoms with Gasteiger partial charge in [-0.25, -0.2) is 4.79 Å². The van der Waals surface area contributed by atoms with Crippen molar-refractivity contribution in [3.8, 4) is 0 Å². The summed E-state index contributed by atoms with van der Waals surface area (Å²) >= 11 is 0. The summed E-state index contributed by atoms with van der Waals surface area (Å²) in [5.74, 6) is 0.592. The highest BCUT2D eigenvalue weighted by molar-refractivity contribution is 6.74. The molecule has 0 bridgehead atoms. The van der Waals surface area contributed by atoms with Gasteiger partial charge in [0, 0.05) is 0 Å². The normalized spacial score (nSPS) is 21.4. The number of carbonyl (C=O) groups excluding carboxylic acids is 1. The number of benzene rings is 1. The second kappa shape index (κ2) is 9.88. The lowest BCUT2D eigenvalue weighted by Gasteiger charge is -2.46. The van der Waals surface area contributed by atoms with Crippen LogP contribution in [-0.2, 0) is 9.16 Å². The van der Waals surface area contributed by atoms with Crippen molar-refractivity contribution in [3.63, 3.8) is 0 Å². The van der Waals surface area contributed by atoms with E-state index in [1.54, 1.807) is 12.1 Å². The molecule has 1 aromatic carbocycles. The van der Waals surface area contributed by atoms with E-state index in [0.29, 0.717) is 24.0 Å². The first-order valence-corrected chi connectivity index (χ1v) is 13.6. The van der Waals surface area contributed by atoms with Crippen molar-refractivity contribution in [2.24, 2.45) is 11.8 Å². The maximum absolute atomic E-state index is 12.3. The molecule has 3 nitrogen and oxygen atoms in total. The molecule has 28 heavy (non-hydrogen) atoms. The number of hydrogen-bond donors (Lipinski definition) is 0. The first-order valence-electron chi connectivity index (χ1n) is 10.7. The van der Waals surface area contributed by atoms with Gasteiger partial charge in [0.25, 0.3) is 0 Å². The van der Waals surface area contributed by atoms with Gasteiger partial charge in [-0.2, -0.15) is 0 Å². The number of carbonyl (C=O) groups is 1. The monoisotopic (exact) mass is 402 g/mol. The molecule has 1 saturated carbocycles. The average Bonchev–Trinajstić information content (AvgIpc) is 2.60. The molecule has 0 radical (unpaired) electrons. The summed E-state index contributed by atoms with van der Waals surface area (Å²) in [5, 5.41) is 0.183. The lowest BCUT2D eigenvalue weighted by atomic mass is 9.71. The van der Waals surface area contributed by atoms with Gasteiger partial charge in [-0.05, 0) is 61.4 Å². The Kier molecular flexibility index (Phi) is 8.08. The number of rotatable bonds is 9. The molecule has 0 amide bonds. The third-order valence-corrected chi connectivity index (χ3v) is 10.8. The predicted molar refractivity (Wildman–Crippen MR) is 119 cm³/mol. The summed E-state index contributed by atoms with van der Waals surface area (Å²) in [7, 11) is -1.86. The summed E-state index contributed by atoms with van der Waals surface area (Å²) in [6.45, 7) is 14.2. The largest absolute Gasteiger partial charge is 0.462 e. The van der Waals surface area contributed by atoms with Crippen molar-refractivity contribution in [2.45, 2.75) is 77.6 Å². The maximum atomic E-state index is 12.3. The molecule has 2 rings (SSSR count). The molecule has 4 heteroatoms. The van der Waals surface area contributed by atoms with Gasteiger partial charge in [-0.1, -0.05) is 64.5 Å². The van der Waals surface area contributed by atoms with E-state index < -0.39 is 8.32 Å². The third kappa shape index (κ3) is 6.05. The quantitative estimate of drug-likeness (QED) is 0.265. The maximum Gasteiger partial charge on any atom is 0.338 e. The zero-order chi connectivity index (χ0) is 20.8. The van der Waals surface area contributed by atoms with E-state index in [-0.39, 0.29) is 17.1 Å². The van der Waals surface area contributed by atoms with Gasteiger partial charge in [-0.15, -0.1) is 0 Å². The predicted octanol–water partition coefficient (Wildman–Crippen LogP) is 6.62. The minimum Gasteiger partial charge on any atom is -0.462 e. The van der Waals surface area contributed by atoms with Crippen molar-refractivity contribution in [1.29, 1.82) is 0 Å². The Hall–Kier alpha value is -1.39. The summed E-state index contributed by atoms with van der Waals surface area (Å²) in [6.07, 6.45) is 9.14. The zero-order valence-corrected chi connectivity index (χ0v) is 19.5. The Balaban J connectivity index is 2.01. The molecule has 0 heterocycles. The molecule has 1 aromatic rings. The number of unbranched alkanes of at least 4 members (excludes halogenated alkanes) is 1. The van der Waals surface area contributed by atoms with Gasteiger partial charge in [0.2, 0.25) is 0 Å². The average molecular weight is 403 g/mol. The minimum atomic E-state index is -1.86. The smallest absolute Gasteiger partial charge is 0.338 e. The molecular formula is C24H38O3Si. The fraction of sp³-hybridized carbons (Fsp3) is 0.625. The van der Waals surface area contributed by atoms with Gasteiger partial charge in [0.15, 0.2) is 8.32 Å². The van der Waals surface area contributed by atoms with E-state index >= 15 is 0 Å². The zero-order valence-electron chi connectivity index (χ0n) is 18.5. The summed E-state index contributed by atoms with van der Waals surface area (Å²) in [5.41, 5.74) is 0.621. The number of hydrogen-bond acceptors (Lipinski definition) is 3. The second-order valence-corrected chi connectivity index (χ2v) is 14.3. The Morgan fingerprint density at radius 3 is 2.43 bits per heavy atom. The molecule has 3 atom stereocenters. The van der Waals surface area contributed by atoms with Crippen LogP contribution in [0.1, 0.15) is 63.7 Å². The van der Waals surface area contributed by atoms with E-state index in [9.17, 15) is 4.79 Å². The highest BCUT2D eigenvalue weighted by Gasteiger charge is 2.44. The van der Waals surface area contributed by atoms with Crippen molar-refractivity contribution in [1.82, 2.24) is 0 Å². The molecule has 1 unspecified atom stereocenters. The van der Waals surface area contributed by atoms with Crippen LogP contribution in [0, 0.1) is 11.8 Å². The van der Waals surface area contributed by atoms with Crippen molar-refractivity contribution in [2.75, 3.05) is 6.61 Å². The molecule has 1 fully saturated rings. The van der Waals surface area contributed by atoms with Crippen LogP contribution in [0.15, 0.2) is 42.5 Å². The summed E-state index contributed by atoms with van der Waals surface area (Å²) in [4.78, 5) is 12.3. The van der Waals surface area contributed by atoms with Crippen LogP contribution in [-0.4, -0.2) is 27.0 Å². The Labute approximate surface area is 172 Å². The van der Waals surface area contributed by atoms with Crippen LogP contribution in [0.4, 0.5) is 0 Å². The van der Waals surface area contributed by atoms with E-state index in [1.165, 1.54) is 0 Å². The van der Waals surface area contributed by atoms with E-state index in [4.69, 9.17) is 9.16 Å². The summed E-state index contributed by atoms with van der Waals surface area (Å²) < 4.78 is 12.4.